The number of carbonyl (C=O) groups is 1. The van der Waals surface area contributed by atoms with E-state index in [4.69, 9.17) is 10.4 Å². The van der Waals surface area contributed by atoms with Gasteiger partial charge in [0.2, 0.25) is 0 Å². The fourth-order valence-electron chi connectivity index (χ4n) is 5.52. The highest BCUT2D eigenvalue weighted by Gasteiger charge is 2.19. The lowest BCUT2D eigenvalue weighted by atomic mass is 10.0. The first-order valence-electron chi connectivity index (χ1n) is 13.9. The van der Waals surface area contributed by atoms with Crippen LogP contribution in [-0.4, -0.2) is 19.7 Å². The van der Waals surface area contributed by atoms with Crippen molar-refractivity contribution in [1.29, 1.82) is 5.41 Å². The lowest BCUT2D eigenvalue weighted by Crippen LogP contribution is -2.22. The molecule has 0 amide bonds. The van der Waals surface area contributed by atoms with Gasteiger partial charge in [0, 0.05) is 38.5 Å². The van der Waals surface area contributed by atoms with Crippen LogP contribution >= 0.6 is 56.6 Å². The topological polar surface area (TPSA) is 63.2 Å². The van der Waals surface area contributed by atoms with Crippen LogP contribution in [0.2, 0.25) is 0 Å². The number of nitrogens with one attached hydrogen (secondary N) is 1. The van der Waals surface area contributed by atoms with Crippen LogP contribution in [-0.2, 0) is 32.2 Å². The number of thiazole rings is 2. The van der Waals surface area contributed by atoms with Crippen molar-refractivity contribution in [1.82, 2.24) is 14.0 Å². The van der Waals surface area contributed by atoms with Crippen LogP contribution in [0.3, 0.4) is 0 Å². The second-order valence-corrected chi connectivity index (χ2v) is 12.8. The normalized spacial score (nSPS) is 13.7. The summed E-state index contributed by atoms with van der Waals surface area (Å²) in [7, 11) is 0. The molecule has 1 N–H and O–H groups in total. The Balaban J connectivity index is 0.000000180. The van der Waals surface area contributed by atoms with Gasteiger partial charge in [0.25, 0.3) is 0 Å². The van der Waals surface area contributed by atoms with E-state index in [0.717, 1.165) is 34.6 Å². The number of rotatable bonds is 4. The first-order chi connectivity index (χ1) is 19.0. The first kappa shape index (κ1) is 31.6. The van der Waals surface area contributed by atoms with Gasteiger partial charge in [0.05, 0.1) is 12.2 Å². The van der Waals surface area contributed by atoms with Gasteiger partial charge in [0.1, 0.15) is 0 Å². The Morgan fingerprint density at radius 3 is 2.02 bits per heavy atom. The molecule has 7 rings (SSSR count). The maximum absolute atomic E-state index is 12.4. The number of hydrogen-bond acceptors (Lipinski definition) is 5. The van der Waals surface area contributed by atoms with Crippen molar-refractivity contribution < 1.29 is 4.79 Å². The van der Waals surface area contributed by atoms with Gasteiger partial charge in [-0.25, -0.2) is 4.98 Å². The molecular formula is C32H36Br2N4OS2. The van der Waals surface area contributed by atoms with E-state index in [1.165, 1.54) is 77.3 Å². The maximum Gasteiger partial charge on any atom is 0.194 e. The van der Waals surface area contributed by atoms with Gasteiger partial charge >= 0.3 is 0 Å². The third-order valence-corrected chi connectivity index (χ3v) is 10.0. The summed E-state index contributed by atoms with van der Waals surface area (Å²) in [6.45, 7) is 4.43. The van der Waals surface area contributed by atoms with Crippen molar-refractivity contribution in [3.8, 4) is 11.3 Å². The second-order valence-electron chi connectivity index (χ2n) is 10.7. The number of halogens is 2. The molecule has 0 saturated heterocycles. The number of nitrogens with zero attached hydrogens (tertiary/aromatic N) is 3. The van der Waals surface area contributed by atoms with Gasteiger partial charge in [-0.05, 0) is 65.2 Å². The molecule has 41 heavy (non-hydrogen) atoms. The van der Waals surface area contributed by atoms with Gasteiger partial charge in [-0.15, -0.1) is 56.6 Å². The molecule has 3 heterocycles. The van der Waals surface area contributed by atoms with Crippen LogP contribution in [0.25, 0.3) is 16.2 Å². The lowest BCUT2D eigenvalue weighted by molar-refractivity contribution is 0.0969. The van der Waals surface area contributed by atoms with E-state index in [0.29, 0.717) is 11.3 Å². The molecule has 2 aliphatic carbocycles. The van der Waals surface area contributed by atoms with Crippen LogP contribution in [0, 0.1) is 19.3 Å². The molecule has 0 aliphatic heterocycles. The summed E-state index contributed by atoms with van der Waals surface area (Å²) in [5.41, 5.74) is 8.21. The minimum Gasteiger partial charge on any atom is -0.313 e. The van der Waals surface area contributed by atoms with Crippen molar-refractivity contribution in [2.24, 2.45) is 0 Å². The molecular weight excluding hydrogens is 680 g/mol. The summed E-state index contributed by atoms with van der Waals surface area (Å²) in [6.07, 6.45) is 11.8. The number of fused-ring (bicyclic) bond motifs is 4. The second kappa shape index (κ2) is 13.8. The molecule has 216 valence electrons. The number of aromatic nitrogens is 3. The van der Waals surface area contributed by atoms with E-state index in [1.807, 2.05) is 47.1 Å². The van der Waals surface area contributed by atoms with Crippen LogP contribution < -0.4 is 4.80 Å². The predicted molar refractivity (Wildman–Crippen MR) is 181 cm³/mol. The van der Waals surface area contributed by atoms with Crippen molar-refractivity contribution in [3.63, 3.8) is 0 Å². The van der Waals surface area contributed by atoms with Gasteiger partial charge < -0.3 is 4.57 Å². The maximum atomic E-state index is 12.4. The average molecular weight is 717 g/mol. The van der Waals surface area contributed by atoms with Crippen molar-refractivity contribution in [3.05, 3.63) is 97.4 Å². The zero-order chi connectivity index (χ0) is 26.9. The van der Waals surface area contributed by atoms with E-state index >= 15 is 0 Å². The Bertz CT molecular complexity index is 1690. The number of ketones is 1. The molecule has 5 aromatic rings. The molecule has 9 heteroatoms. The molecule has 0 fully saturated rings. The van der Waals surface area contributed by atoms with E-state index in [9.17, 15) is 4.79 Å². The molecule has 0 saturated carbocycles. The number of benzene rings is 2. The summed E-state index contributed by atoms with van der Waals surface area (Å²) in [5, 5.41) is 8.09. The highest BCUT2D eigenvalue weighted by molar-refractivity contribution is 8.93. The molecule has 3 aromatic heterocycles. The van der Waals surface area contributed by atoms with Crippen molar-refractivity contribution in [2.75, 3.05) is 0 Å². The highest BCUT2D eigenvalue weighted by Crippen LogP contribution is 2.32. The Morgan fingerprint density at radius 1 is 0.805 bits per heavy atom. The van der Waals surface area contributed by atoms with Crippen LogP contribution in [0.15, 0.2) is 54.7 Å². The molecule has 5 nitrogen and oxygen atoms in total. The standard InChI is InChI=1S/C16H18N2OS.C16H16N2S.2BrH/c1-11-6-8-12(9-7-11)14(19)10-18-13-4-2-3-5-15(13)20-16(18)17;1-11-6-8-12(9-7-11)13-10-18-14-4-2-3-5-15(14)19-16(18)17-13;;/h6-9,17H,2-5,10H2,1H3;6-10H,2-5H2,1H3;2*1H. The zero-order valence-corrected chi connectivity index (χ0v) is 28.5. The Hall–Kier alpha value is -2.33. The van der Waals surface area contributed by atoms with Crippen LogP contribution in [0.1, 0.15) is 68.3 Å². The predicted octanol–water partition coefficient (Wildman–Crippen LogP) is 8.51. The molecule has 0 spiro atoms. The third-order valence-electron chi connectivity index (χ3n) is 7.77. The van der Waals surface area contributed by atoms with Gasteiger partial charge in [-0.1, -0.05) is 59.7 Å². The quantitative estimate of drug-likeness (QED) is 0.190. The summed E-state index contributed by atoms with van der Waals surface area (Å²) in [6, 6.07) is 16.3. The van der Waals surface area contributed by atoms with Gasteiger partial charge in [-0.2, -0.15) is 0 Å². The minimum atomic E-state index is 0. The van der Waals surface area contributed by atoms with E-state index < -0.39 is 0 Å². The number of imidazole rings is 1. The molecule has 0 atom stereocenters. The zero-order valence-electron chi connectivity index (χ0n) is 23.4. The fourth-order valence-corrected chi connectivity index (χ4v) is 7.81. The van der Waals surface area contributed by atoms with Crippen molar-refractivity contribution in [2.45, 2.75) is 71.8 Å². The number of hydrogen-bond donors (Lipinski definition) is 1. The smallest absolute Gasteiger partial charge is 0.194 e. The number of carbonyl (C=O) groups excluding carboxylic acids is 1. The average Bonchev–Trinajstić information content (AvgIpc) is 3.61. The Kier molecular flexibility index (Phi) is 10.6. The summed E-state index contributed by atoms with van der Waals surface area (Å²) >= 11 is 3.40. The Labute approximate surface area is 270 Å². The van der Waals surface area contributed by atoms with Gasteiger partial charge in [-0.3, -0.25) is 14.6 Å². The number of Topliss-reactive ketones (excluding diaryl/α,β-unsaturated/α-hetero) is 1. The fraction of sp³-hybridized carbons (Fsp3) is 0.344. The first-order valence-corrected chi connectivity index (χ1v) is 15.5. The van der Waals surface area contributed by atoms with E-state index in [2.05, 4.69) is 41.8 Å². The molecule has 2 aromatic carbocycles. The molecule has 0 radical (unpaired) electrons. The summed E-state index contributed by atoms with van der Waals surface area (Å²) in [4.78, 5) is 21.7. The van der Waals surface area contributed by atoms with Gasteiger partial charge in [0.15, 0.2) is 15.5 Å². The molecule has 0 unspecified atom stereocenters. The third kappa shape index (κ3) is 6.85. The lowest BCUT2D eigenvalue weighted by Gasteiger charge is -2.14. The minimum absolute atomic E-state index is 0. The van der Waals surface area contributed by atoms with Crippen LogP contribution in [0.5, 0.6) is 0 Å². The number of aryl methyl sites for hydroxylation is 5. The largest absolute Gasteiger partial charge is 0.313 e. The monoisotopic (exact) mass is 714 g/mol. The van der Waals surface area contributed by atoms with E-state index in [-0.39, 0.29) is 39.7 Å². The summed E-state index contributed by atoms with van der Waals surface area (Å²) < 4.78 is 4.22. The summed E-state index contributed by atoms with van der Waals surface area (Å²) in [5.74, 6) is 0.0923. The Morgan fingerprint density at radius 2 is 1.37 bits per heavy atom. The molecule has 0 bridgehead atoms. The van der Waals surface area contributed by atoms with Crippen molar-refractivity contribution >= 4 is 67.4 Å². The molecule has 2 aliphatic rings. The highest BCUT2D eigenvalue weighted by atomic mass is 79.9. The SMILES string of the molecule is Br.Br.Cc1ccc(-c2cn3c4c(sc3n2)CCCC4)cc1.Cc1ccc(C(=O)Cn2c3c(sc2=N)CCCC3)cc1. The van der Waals surface area contributed by atoms with E-state index in [1.54, 1.807) is 4.88 Å². The van der Waals surface area contributed by atoms with Crippen LogP contribution in [0.4, 0.5) is 0 Å².